The van der Waals surface area contributed by atoms with Gasteiger partial charge in [-0.05, 0) is 38.1 Å². The molecule has 0 atom stereocenters. The molecule has 1 aromatic carbocycles. The largest absolute Gasteiger partial charge is 0.366 e. The lowest BCUT2D eigenvalue weighted by molar-refractivity contribution is 0.0691. The molecule has 1 heterocycles. The van der Waals surface area contributed by atoms with Crippen LogP contribution in [-0.4, -0.2) is 28.0 Å². The summed E-state index contributed by atoms with van der Waals surface area (Å²) in [5.74, 6) is -0.130. The molecule has 96 valence electrons. The molecule has 0 bridgehead atoms. The molecule has 0 spiro atoms. The molecule has 1 aromatic rings. The Labute approximate surface area is 115 Å². The molecule has 0 radical (unpaired) electrons. The minimum atomic E-state index is -0.394. The number of benzene rings is 1. The minimum Gasteiger partial charge on any atom is -0.366 e. The normalized spacial score (nSPS) is 17.6. The van der Waals surface area contributed by atoms with Gasteiger partial charge in [0.05, 0.1) is 0 Å². The summed E-state index contributed by atoms with van der Waals surface area (Å²) in [7, 11) is 1.79. The Balaban J connectivity index is 2.28. The number of rotatable bonds is 1. The Hall–Kier alpha value is -1.20. The number of nitrogens with zero attached hydrogens (tertiary/aromatic N) is 2. The van der Waals surface area contributed by atoms with Gasteiger partial charge in [-0.2, -0.15) is 0 Å². The third kappa shape index (κ3) is 2.47. The Morgan fingerprint density at radius 2 is 2.00 bits per heavy atom. The van der Waals surface area contributed by atoms with Crippen molar-refractivity contribution in [2.24, 2.45) is 5.10 Å². The molecule has 2 rings (SSSR count). The molecule has 1 amide bonds. The number of hydrogen-bond donors (Lipinski definition) is 1. The summed E-state index contributed by atoms with van der Waals surface area (Å²) in [6, 6.07) is 6.82. The Morgan fingerprint density at radius 1 is 1.39 bits per heavy atom. The number of carbonyl (C=O) groups excluding carboxylic acids is 1. The van der Waals surface area contributed by atoms with Crippen molar-refractivity contribution in [1.29, 1.82) is 0 Å². The zero-order valence-electron chi connectivity index (χ0n) is 10.4. The SMILES string of the molecule is CNC1=NN(C(=O)c2ccc(Cl)cc2)C(C)(C)S1. The zero-order valence-corrected chi connectivity index (χ0v) is 12.0. The quantitative estimate of drug-likeness (QED) is 0.862. The second-order valence-electron chi connectivity index (χ2n) is 4.33. The van der Waals surface area contributed by atoms with E-state index in [2.05, 4.69) is 10.4 Å². The van der Waals surface area contributed by atoms with Crippen LogP contribution in [0.1, 0.15) is 24.2 Å². The number of hydrazone groups is 1. The smallest absolute Gasteiger partial charge is 0.275 e. The van der Waals surface area contributed by atoms with Crippen LogP contribution in [0.15, 0.2) is 29.4 Å². The number of carbonyl (C=O) groups is 1. The number of nitrogens with one attached hydrogen (secondary N) is 1. The highest BCUT2D eigenvalue weighted by Crippen LogP contribution is 2.36. The van der Waals surface area contributed by atoms with Crippen molar-refractivity contribution >= 4 is 34.4 Å². The van der Waals surface area contributed by atoms with Crippen LogP contribution in [0.4, 0.5) is 0 Å². The fourth-order valence-electron chi connectivity index (χ4n) is 1.62. The highest BCUT2D eigenvalue weighted by atomic mass is 35.5. The molecule has 4 nitrogen and oxygen atoms in total. The van der Waals surface area contributed by atoms with E-state index >= 15 is 0 Å². The van der Waals surface area contributed by atoms with E-state index in [0.29, 0.717) is 10.6 Å². The molecule has 0 saturated heterocycles. The first-order valence-electron chi connectivity index (χ1n) is 5.49. The Kier molecular flexibility index (Phi) is 3.54. The average Bonchev–Trinajstić information content (AvgIpc) is 2.64. The van der Waals surface area contributed by atoms with Gasteiger partial charge in [-0.15, -0.1) is 5.10 Å². The van der Waals surface area contributed by atoms with Crippen LogP contribution < -0.4 is 5.32 Å². The van der Waals surface area contributed by atoms with Gasteiger partial charge in [-0.3, -0.25) is 4.79 Å². The molecular formula is C12H14ClN3OS. The lowest BCUT2D eigenvalue weighted by atomic mass is 10.2. The number of amidine groups is 1. The summed E-state index contributed by atoms with van der Waals surface area (Å²) in [6.45, 7) is 3.92. The minimum absolute atomic E-state index is 0.130. The van der Waals surface area contributed by atoms with Crippen LogP contribution in [0.5, 0.6) is 0 Å². The van der Waals surface area contributed by atoms with E-state index < -0.39 is 4.87 Å². The van der Waals surface area contributed by atoms with Gasteiger partial charge in [-0.25, -0.2) is 5.01 Å². The van der Waals surface area contributed by atoms with Gasteiger partial charge in [0.2, 0.25) is 0 Å². The number of halogens is 1. The van der Waals surface area contributed by atoms with E-state index in [9.17, 15) is 4.79 Å². The van der Waals surface area contributed by atoms with Crippen LogP contribution >= 0.6 is 23.4 Å². The third-order valence-corrected chi connectivity index (χ3v) is 3.95. The van der Waals surface area contributed by atoms with Gasteiger partial charge < -0.3 is 5.32 Å². The predicted octanol–water partition coefficient (Wildman–Crippen LogP) is 2.76. The van der Waals surface area contributed by atoms with Crippen molar-refractivity contribution < 1.29 is 4.79 Å². The second kappa shape index (κ2) is 4.82. The lowest BCUT2D eigenvalue weighted by Crippen LogP contribution is -2.38. The summed E-state index contributed by atoms with van der Waals surface area (Å²) in [6.07, 6.45) is 0. The van der Waals surface area contributed by atoms with Crippen LogP contribution in [0, 0.1) is 0 Å². The highest BCUT2D eigenvalue weighted by molar-refractivity contribution is 8.15. The van der Waals surface area contributed by atoms with Gasteiger partial charge in [0.25, 0.3) is 5.91 Å². The molecule has 1 N–H and O–H groups in total. The van der Waals surface area contributed by atoms with E-state index in [1.54, 1.807) is 31.3 Å². The maximum Gasteiger partial charge on any atom is 0.275 e. The Morgan fingerprint density at radius 3 is 2.50 bits per heavy atom. The van der Waals surface area contributed by atoms with Crippen molar-refractivity contribution in [3.8, 4) is 0 Å². The van der Waals surface area contributed by atoms with Gasteiger partial charge in [0.1, 0.15) is 4.87 Å². The standard InChI is InChI=1S/C12H14ClN3OS/c1-12(2)16(15-11(14-3)18-12)10(17)8-4-6-9(13)7-5-8/h4-7H,1-3H3,(H,14,15). The van der Waals surface area contributed by atoms with Crippen molar-refractivity contribution in [2.45, 2.75) is 18.7 Å². The first-order valence-corrected chi connectivity index (χ1v) is 6.69. The van der Waals surface area contributed by atoms with Crippen LogP contribution in [0.3, 0.4) is 0 Å². The maximum absolute atomic E-state index is 12.4. The topological polar surface area (TPSA) is 44.7 Å². The summed E-state index contributed by atoms with van der Waals surface area (Å²) >= 11 is 7.33. The van der Waals surface area contributed by atoms with E-state index in [-0.39, 0.29) is 5.91 Å². The predicted molar refractivity (Wildman–Crippen MR) is 75.8 cm³/mol. The molecule has 0 unspecified atom stereocenters. The zero-order chi connectivity index (χ0) is 13.3. The average molecular weight is 284 g/mol. The molecular weight excluding hydrogens is 270 g/mol. The van der Waals surface area contributed by atoms with E-state index in [0.717, 1.165) is 5.17 Å². The van der Waals surface area contributed by atoms with E-state index in [1.807, 2.05) is 13.8 Å². The number of thioether (sulfide) groups is 1. The third-order valence-electron chi connectivity index (χ3n) is 2.54. The van der Waals surface area contributed by atoms with Crippen molar-refractivity contribution in [3.05, 3.63) is 34.9 Å². The summed E-state index contributed by atoms with van der Waals surface area (Å²) in [4.78, 5) is 12.0. The number of hydrogen-bond acceptors (Lipinski definition) is 4. The van der Waals surface area contributed by atoms with Crippen LogP contribution in [0.2, 0.25) is 5.02 Å². The van der Waals surface area contributed by atoms with E-state index in [4.69, 9.17) is 11.6 Å². The fourth-order valence-corrected chi connectivity index (χ4v) is 2.65. The first kappa shape index (κ1) is 13.2. The number of amides is 1. The van der Waals surface area contributed by atoms with Crippen molar-refractivity contribution in [3.63, 3.8) is 0 Å². The van der Waals surface area contributed by atoms with Gasteiger partial charge in [0.15, 0.2) is 5.17 Å². The van der Waals surface area contributed by atoms with Gasteiger partial charge >= 0.3 is 0 Å². The van der Waals surface area contributed by atoms with Crippen molar-refractivity contribution in [2.75, 3.05) is 7.05 Å². The van der Waals surface area contributed by atoms with Gasteiger partial charge in [-0.1, -0.05) is 23.4 Å². The molecule has 6 heteroatoms. The van der Waals surface area contributed by atoms with Gasteiger partial charge in [0, 0.05) is 17.6 Å². The molecule has 1 aliphatic heterocycles. The molecule has 0 saturated carbocycles. The van der Waals surface area contributed by atoms with Crippen LogP contribution in [-0.2, 0) is 0 Å². The van der Waals surface area contributed by atoms with Crippen LogP contribution in [0.25, 0.3) is 0 Å². The van der Waals surface area contributed by atoms with Crippen molar-refractivity contribution in [1.82, 2.24) is 10.3 Å². The summed E-state index contributed by atoms with van der Waals surface area (Å²) < 4.78 is 0. The lowest BCUT2D eigenvalue weighted by Gasteiger charge is -2.27. The first-order chi connectivity index (χ1) is 8.44. The Bertz CT molecular complexity index is 499. The molecule has 1 aliphatic rings. The maximum atomic E-state index is 12.4. The summed E-state index contributed by atoms with van der Waals surface area (Å²) in [5, 5.41) is 10.1. The fraction of sp³-hybridized carbons (Fsp3) is 0.333. The molecule has 18 heavy (non-hydrogen) atoms. The molecule has 0 aliphatic carbocycles. The van der Waals surface area contributed by atoms with E-state index in [1.165, 1.54) is 16.8 Å². The monoisotopic (exact) mass is 283 g/mol. The summed E-state index contributed by atoms with van der Waals surface area (Å²) in [5.41, 5.74) is 0.578. The molecule has 0 aromatic heterocycles. The highest BCUT2D eigenvalue weighted by Gasteiger charge is 2.39. The second-order valence-corrected chi connectivity index (χ2v) is 6.35. The molecule has 0 fully saturated rings.